The van der Waals surface area contributed by atoms with E-state index in [2.05, 4.69) is 0 Å². The third-order valence-electron chi connectivity index (χ3n) is 3.78. The van der Waals surface area contributed by atoms with E-state index >= 15 is 0 Å². The molecular formula is C14H22N2O4S2. The minimum absolute atomic E-state index is 0.0447. The van der Waals surface area contributed by atoms with Crippen LogP contribution in [0.3, 0.4) is 0 Å². The fourth-order valence-electron chi connectivity index (χ4n) is 2.51. The molecule has 0 atom stereocenters. The van der Waals surface area contributed by atoms with Gasteiger partial charge in [-0.2, -0.15) is 8.61 Å². The van der Waals surface area contributed by atoms with Crippen molar-refractivity contribution in [1.82, 2.24) is 8.61 Å². The van der Waals surface area contributed by atoms with Crippen molar-refractivity contribution in [3.8, 4) is 0 Å². The van der Waals surface area contributed by atoms with E-state index in [0.29, 0.717) is 0 Å². The molecule has 1 saturated heterocycles. The molecule has 2 rings (SSSR count). The van der Waals surface area contributed by atoms with Crippen LogP contribution in [0.2, 0.25) is 0 Å². The summed E-state index contributed by atoms with van der Waals surface area (Å²) in [5.41, 5.74) is 1.77. The monoisotopic (exact) mass is 346 g/mol. The number of sulfonamides is 2. The molecule has 6 nitrogen and oxygen atoms in total. The molecule has 1 aliphatic heterocycles. The normalized spacial score (nSPS) is 18.5. The predicted molar refractivity (Wildman–Crippen MR) is 86.4 cm³/mol. The highest BCUT2D eigenvalue weighted by Gasteiger charge is 2.31. The maximum absolute atomic E-state index is 12.5. The maximum Gasteiger partial charge on any atom is 0.218 e. The minimum Gasteiger partial charge on any atom is -0.212 e. The summed E-state index contributed by atoms with van der Waals surface area (Å²) in [4.78, 5) is 0. The molecule has 1 fully saturated rings. The molecule has 8 heteroatoms. The number of aryl methyl sites for hydroxylation is 1. The molecule has 0 unspecified atom stereocenters. The Morgan fingerprint density at radius 1 is 0.955 bits per heavy atom. The van der Waals surface area contributed by atoms with Crippen molar-refractivity contribution in [3.05, 3.63) is 35.4 Å². The van der Waals surface area contributed by atoms with Crippen LogP contribution in [0.4, 0.5) is 0 Å². The number of hydrogen-bond donors (Lipinski definition) is 0. The van der Waals surface area contributed by atoms with E-state index in [1.54, 1.807) is 13.0 Å². The van der Waals surface area contributed by atoms with E-state index in [4.69, 9.17) is 0 Å². The SMILES string of the molecule is CCS(=O)(=O)N1CCN(S(=O)(=O)Cc2cccc(C)c2)CC1. The van der Waals surface area contributed by atoms with Crippen molar-refractivity contribution in [1.29, 1.82) is 0 Å². The van der Waals surface area contributed by atoms with Gasteiger partial charge in [-0.1, -0.05) is 29.8 Å². The molecule has 0 amide bonds. The lowest BCUT2D eigenvalue weighted by atomic mass is 10.2. The lowest BCUT2D eigenvalue weighted by Crippen LogP contribution is -2.51. The highest BCUT2D eigenvalue weighted by molar-refractivity contribution is 7.89. The summed E-state index contributed by atoms with van der Waals surface area (Å²) in [6, 6.07) is 7.41. The van der Waals surface area contributed by atoms with Crippen LogP contribution in [0.1, 0.15) is 18.1 Å². The second kappa shape index (κ2) is 6.66. The summed E-state index contributed by atoms with van der Waals surface area (Å²) < 4.78 is 51.2. The van der Waals surface area contributed by atoms with E-state index < -0.39 is 20.0 Å². The number of piperazine rings is 1. The van der Waals surface area contributed by atoms with Crippen molar-refractivity contribution in [2.75, 3.05) is 31.9 Å². The quantitative estimate of drug-likeness (QED) is 0.790. The minimum atomic E-state index is -3.42. The second-order valence-corrected chi connectivity index (χ2v) is 9.67. The van der Waals surface area contributed by atoms with Crippen LogP contribution >= 0.6 is 0 Å². The topological polar surface area (TPSA) is 74.8 Å². The Morgan fingerprint density at radius 3 is 2.00 bits per heavy atom. The molecule has 0 spiro atoms. The van der Waals surface area contributed by atoms with Gasteiger partial charge in [0.1, 0.15) is 0 Å². The van der Waals surface area contributed by atoms with Gasteiger partial charge in [0.25, 0.3) is 0 Å². The Hall–Kier alpha value is -0.960. The Labute approximate surface area is 132 Å². The van der Waals surface area contributed by atoms with Crippen LogP contribution in [0, 0.1) is 6.92 Å². The first-order chi connectivity index (χ1) is 10.2. The van der Waals surface area contributed by atoms with Crippen LogP contribution < -0.4 is 0 Å². The molecule has 0 bridgehead atoms. The van der Waals surface area contributed by atoms with Gasteiger partial charge in [0, 0.05) is 26.2 Å². The molecule has 0 N–H and O–H groups in total. The lowest BCUT2D eigenvalue weighted by molar-refractivity contribution is 0.273. The van der Waals surface area contributed by atoms with E-state index in [0.717, 1.165) is 11.1 Å². The summed E-state index contributed by atoms with van der Waals surface area (Å²) in [7, 11) is -6.66. The molecule has 1 heterocycles. The highest BCUT2D eigenvalue weighted by Crippen LogP contribution is 2.16. The summed E-state index contributed by atoms with van der Waals surface area (Å²) in [5, 5.41) is 0. The highest BCUT2D eigenvalue weighted by atomic mass is 32.2. The Bertz CT molecular complexity index is 721. The van der Waals surface area contributed by atoms with Crippen LogP contribution in [0.5, 0.6) is 0 Å². The van der Waals surface area contributed by atoms with Crippen LogP contribution in [-0.4, -0.2) is 57.4 Å². The standard InChI is InChI=1S/C14H22N2O4S2/c1-3-21(17,18)15-7-9-16(10-8-15)22(19,20)12-14-6-4-5-13(2)11-14/h4-6,11H,3,7-10,12H2,1-2H3. The predicted octanol–water partition coefficient (Wildman–Crippen LogP) is 0.792. The van der Waals surface area contributed by atoms with Gasteiger partial charge in [-0.25, -0.2) is 16.8 Å². The van der Waals surface area contributed by atoms with Crippen molar-refractivity contribution in [2.45, 2.75) is 19.6 Å². The second-order valence-electron chi connectivity index (χ2n) is 5.44. The molecule has 1 aromatic rings. The van der Waals surface area contributed by atoms with Gasteiger partial charge < -0.3 is 0 Å². The number of hydrogen-bond acceptors (Lipinski definition) is 4. The smallest absolute Gasteiger partial charge is 0.212 e. The zero-order chi connectivity index (χ0) is 16.4. The Morgan fingerprint density at radius 2 is 1.50 bits per heavy atom. The van der Waals surface area contributed by atoms with Gasteiger partial charge >= 0.3 is 0 Å². The molecule has 0 aliphatic carbocycles. The van der Waals surface area contributed by atoms with Gasteiger partial charge in [-0.3, -0.25) is 0 Å². The Kier molecular flexibility index (Phi) is 5.26. The van der Waals surface area contributed by atoms with Crippen LogP contribution in [0.15, 0.2) is 24.3 Å². The summed E-state index contributed by atoms with van der Waals surface area (Å²) >= 11 is 0. The summed E-state index contributed by atoms with van der Waals surface area (Å²) in [6.07, 6.45) is 0. The van der Waals surface area contributed by atoms with E-state index in [-0.39, 0.29) is 37.7 Å². The van der Waals surface area contributed by atoms with Gasteiger partial charge in [0.2, 0.25) is 20.0 Å². The first kappa shape index (κ1) is 17.4. The molecular weight excluding hydrogens is 324 g/mol. The molecule has 0 aromatic heterocycles. The Balaban J connectivity index is 2.04. The van der Waals surface area contributed by atoms with Gasteiger partial charge in [-0.15, -0.1) is 0 Å². The average Bonchev–Trinajstić information content (AvgIpc) is 2.47. The zero-order valence-corrected chi connectivity index (χ0v) is 14.5. The van der Waals surface area contributed by atoms with E-state index in [9.17, 15) is 16.8 Å². The third kappa shape index (κ3) is 4.07. The summed E-state index contributed by atoms with van der Waals surface area (Å²) in [5.74, 6) is -0.00174. The zero-order valence-electron chi connectivity index (χ0n) is 12.9. The molecule has 22 heavy (non-hydrogen) atoms. The third-order valence-corrected chi connectivity index (χ3v) is 7.51. The van der Waals surface area contributed by atoms with E-state index in [1.807, 2.05) is 25.1 Å². The lowest BCUT2D eigenvalue weighted by Gasteiger charge is -2.33. The fraction of sp³-hybridized carbons (Fsp3) is 0.571. The first-order valence-electron chi connectivity index (χ1n) is 7.26. The number of nitrogens with zero attached hydrogens (tertiary/aromatic N) is 2. The van der Waals surface area contributed by atoms with Gasteiger partial charge in [-0.05, 0) is 19.4 Å². The fourth-order valence-corrected chi connectivity index (χ4v) is 5.10. The van der Waals surface area contributed by atoms with Crippen molar-refractivity contribution >= 4 is 20.0 Å². The van der Waals surface area contributed by atoms with E-state index in [1.165, 1.54) is 8.61 Å². The van der Waals surface area contributed by atoms with Gasteiger partial charge in [0.15, 0.2) is 0 Å². The maximum atomic E-state index is 12.5. The summed E-state index contributed by atoms with van der Waals surface area (Å²) in [6.45, 7) is 4.40. The first-order valence-corrected chi connectivity index (χ1v) is 10.5. The molecule has 124 valence electrons. The number of rotatable bonds is 5. The average molecular weight is 346 g/mol. The van der Waals surface area contributed by atoms with Gasteiger partial charge in [0.05, 0.1) is 11.5 Å². The van der Waals surface area contributed by atoms with Crippen molar-refractivity contribution in [3.63, 3.8) is 0 Å². The van der Waals surface area contributed by atoms with Crippen LogP contribution in [-0.2, 0) is 25.8 Å². The number of benzene rings is 1. The molecule has 0 radical (unpaired) electrons. The van der Waals surface area contributed by atoms with Crippen LogP contribution in [0.25, 0.3) is 0 Å². The largest absolute Gasteiger partial charge is 0.218 e. The molecule has 1 aliphatic rings. The van der Waals surface area contributed by atoms with Crippen molar-refractivity contribution in [2.24, 2.45) is 0 Å². The molecule has 1 aromatic carbocycles. The molecule has 0 saturated carbocycles. The van der Waals surface area contributed by atoms with Crippen molar-refractivity contribution < 1.29 is 16.8 Å².